The van der Waals surface area contributed by atoms with E-state index in [0.29, 0.717) is 18.1 Å². The van der Waals surface area contributed by atoms with Gasteiger partial charge in [-0.1, -0.05) is 30.3 Å². The molecule has 1 N–H and O–H groups in total. The zero-order valence-electron chi connectivity index (χ0n) is 14.0. The molecule has 0 unspecified atom stereocenters. The highest BCUT2D eigenvalue weighted by atomic mass is 16.5. The third kappa shape index (κ3) is 4.19. The number of nitrogens with one attached hydrogen (secondary N) is 1. The van der Waals surface area contributed by atoms with Gasteiger partial charge in [0.15, 0.2) is 17.9 Å². The summed E-state index contributed by atoms with van der Waals surface area (Å²) in [5.41, 5.74) is 4.65. The van der Waals surface area contributed by atoms with E-state index in [9.17, 15) is 0 Å². The van der Waals surface area contributed by atoms with E-state index in [-0.39, 0.29) is 11.6 Å². The van der Waals surface area contributed by atoms with Crippen LogP contribution in [0.15, 0.2) is 64.4 Å². The monoisotopic (exact) mass is 348 g/mol. The maximum Gasteiger partial charge on any atom is 0.251 e. The van der Waals surface area contributed by atoms with Crippen molar-refractivity contribution in [3.63, 3.8) is 0 Å². The molecule has 7 nitrogen and oxygen atoms in total. The first kappa shape index (κ1) is 17.0. The van der Waals surface area contributed by atoms with Crippen LogP contribution in [-0.4, -0.2) is 18.3 Å². The second-order valence-corrected chi connectivity index (χ2v) is 5.20. The van der Waals surface area contributed by atoms with Crippen molar-refractivity contribution in [1.29, 1.82) is 5.26 Å². The van der Waals surface area contributed by atoms with Crippen molar-refractivity contribution in [1.82, 2.24) is 4.98 Å². The van der Waals surface area contributed by atoms with Crippen molar-refractivity contribution in [2.24, 2.45) is 5.10 Å². The summed E-state index contributed by atoms with van der Waals surface area (Å²) in [7, 11) is 1.58. The Morgan fingerprint density at radius 3 is 2.85 bits per heavy atom. The molecule has 0 amide bonds. The molecule has 0 atom stereocenters. The minimum absolute atomic E-state index is 0.143. The van der Waals surface area contributed by atoms with E-state index < -0.39 is 0 Å². The van der Waals surface area contributed by atoms with E-state index in [2.05, 4.69) is 15.5 Å². The van der Waals surface area contributed by atoms with Crippen LogP contribution in [0.3, 0.4) is 0 Å². The lowest BCUT2D eigenvalue weighted by Gasteiger charge is -2.11. The van der Waals surface area contributed by atoms with Crippen LogP contribution >= 0.6 is 0 Å². The number of benzene rings is 2. The molecule has 130 valence electrons. The van der Waals surface area contributed by atoms with Crippen LogP contribution in [0, 0.1) is 11.3 Å². The van der Waals surface area contributed by atoms with Gasteiger partial charge in [0.1, 0.15) is 12.7 Å². The molecule has 3 rings (SSSR count). The van der Waals surface area contributed by atoms with Gasteiger partial charge in [0.2, 0.25) is 5.69 Å². The first-order chi connectivity index (χ1) is 12.8. The number of ether oxygens (including phenoxy) is 2. The quantitative estimate of drug-likeness (QED) is 0.518. The van der Waals surface area contributed by atoms with Crippen LogP contribution in [0.1, 0.15) is 16.8 Å². The normalized spacial score (nSPS) is 10.5. The Balaban J connectivity index is 1.66. The van der Waals surface area contributed by atoms with Gasteiger partial charge < -0.3 is 13.9 Å². The fourth-order valence-corrected chi connectivity index (χ4v) is 2.19. The van der Waals surface area contributed by atoms with Crippen LogP contribution in [0.4, 0.5) is 5.88 Å². The van der Waals surface area contributed by atoms with Gasteiger partial charge in [0.25, 0.3) is 5.88 Å². The van der Waals surface area contributed by atoms with Crippen molar-refractivity contribution in [3.05, 3.63) is 71.7 Å². The highest BCUT2D eigenvalue weighted by Gasteiger charge is 2.07. The summed E-state index contributed by atoms with van der Waals surface area (Å²) in [5, 5.41) is 12.9. The van der Waals surface area contributed by atoms with Crippen LogP contribution in [-0.2, 0) is 6.61 Å². The molecule has 0 aliphatic heterocycles. The molecule has 0 fully saturated rings. The van der Waals surface area contributed by atoms with E-state index >= 15 is 0 Å². The molecule has 0 radical (unpaired) electrons. The van der Waals surface area contributed by atoms with Gasteiger partial charge in [0, 0.05) is 0 Å². The van der Waals surface area contributed by atoms with Crippen LogP contribution < -0.4 is 14.9 Å². The number of nitrogens with zero attached hydrogens (tertiary/aromatic N) is 3. The summed E-state index contributed by atoms with van der Waals surface area (Å²) in [4.78, 5) is 3.74. The Morgan fingerprint density at radius 2 is 2.08 bits per heavy atom. The van der Waals surface area contributed by atoms with Crippen LogP contribution in [0.5, 0.6) is 11.5 Å². The fourth-order valence-electron chi connectivity index (χ4n) is 2.19. The Hall–Kier alpha value is -3.79. The van der Waals surface area contributed by atoms with E-state index in [1.807, 2.05) is 48.5 Å². The van der Waals surface area contributed by atoms with Gasteiger partial charge in [-0.3, -0.25) is 0 Å². The number of oxazole rings is 1. The summed E-state index contributed by atoms with van der Waals surface area (Å²) < 4.78 is 16.2. The number of hydrogen-bond donors (Lipinski definition) is 1. The van der Waals surface area contributed by atoms with Crippen molar-refractivity contribution in [2.75, 3.05) is 12.5 Å². The fraction of sp³-hybridized carbons (Fsp3) is 0.105. The van der Waals surface area contributed by atoms with Gasteiger partial charge >= 0.3 is 0 Å². The maximum atomic E-state index is 8.86. The van der Waals surface area contributed by atoms with Gasteiger partial charge in [0.05, 0.1) is 13.3 Å². The summed E-state index contributed by atoms with van der Waals surface area (Å²) >= 11 is 0. The van der Waals surface area contributed by atoms with Crippen molar-refractivity contribution in [3.8, 4) is 17.6 Å². The Bertz CT molecular complexity index is 929. The molecular weight excluding hydrogens is 332 g/mol. The minimum Gasteiger partial charge on any atom is -0.493 e. The molecule has 0 aliphatic carbocycles. The molecule has 2 aromatic carbocycles. The van der Waals surface area contributed by atoms with Gasteiger partial charge in [-0.05, 0) is 29.3 Å². The average Bonchev–Trinajstić information content (AvgIpc) is 3.15. The van der Waals surface area contributed by atoms with Crippen molar-refractivity contribution >= 4 is 12.1 Å². The molecule has 26 heavy (non-hydrogen) atoms. The second kappa shape index (κ2) is 8.35. The maximum absolute atomic E-state index is 8.86. The molecule has 0 bridgehead atoms. The SMILES string of the molecule is COc1cc(C=NNc2ocnc2C#N)ccc1OCc1ccccc1. The first-order valence-electron chi connectivity index (χ1n) is 7.77. The van der Waals surface area contributed by atoms with Crippen LogP contribution in [0.2, 0.25) is 0 Å². The lowest BCUT2D eigenvalue weighted by molar-refractivity contribution is 0.284. The summed E-state index contributed by atoms with van der Waals surface area (Å²) in [6.45, 7) is 0.453. The number of hydrazone groups is 1. The Morgan fingerprint density at radius 1 is 1.23 bits per heavy atom. The van der Waals surface area contributed by atoms with Crippen molar-refractivity contribution < 1.29 is 13.9 Å². The number of hydrogen-bond acceptors (Lipinski definition) is 7. The van der Waals surface area contributed by atoms with Crippen LogP contribution in [0.25, 0.3) is 0 Å². The molecule has 0 spiro atoms. The first-order valence-corrected chi connectivity index (χ1v) is 7.77. The van der Waals surface area contributed by atoms with Crippen molar-refractivity contribution in [2.45, 2.75) is 6.61 Å². The van der Waals surface area contributed by atoms with Gasteiger partial charge in [-0.2, -0.15) is 10.4 Å². The Labute approximate surface area is 150 Å². The minimum atomic E-state index is 0.143. The Kier molecular flexibility index (Phi) is 5.47. The average molecular weight is 348 g/mol. The summed E-state index contributed by atoms with van der Waals surface area (Å²) in [6, 6.07) is 17.3. The number of anilines is 1. The largest absolute Gasteiger partial charge is 0.493 e. The van der Waals surface area contributed by atoms with E-state index in [0.717, 1.165) is 11.1 Å². The molecule has 1 aromatic heterocycles. The third-order valence-corrected chi connectivity index (χ3v) is 3.48. The summed E-state index contributed by atoms with van der Waals surface area (Å²) in [6.07, 6.45) is 2.76. The molecule has 0 aliphatic rings. The lowest BCUT2D eigenvalue weighted by Crippen LogP contribution is -1.98. The topological polar surface area (TPSA) is 92.7 Å². The summed E-state index contributed by atoms with van der Waals surface area (Å²) in [5.74, 6) is 1.43. The lowest BCUT2D eigenvalue weighted by atomic mass is 10.2. The second-order valence-electron chi connectivity index (χ2n) is 5.20. The highest BCUT2D eigenvalue weighted by Crippen LogP contribution is 2.28. The molecule has 7 heteroatoms. The molecular formula is C19H16N4O3. The number of rotatable bonds is 7. The number of methoxy groups -OCH3 is 1. The number of aromatic nitrogens is 1. The third-order valence-electron chi connectivity index (χ3n) is 3.48. The predicted molar refractivity (Wildman–Crippen MR) is 96.2 cm³/mol. The number of nitriles is 1. The molecule has 3 aromatic rings. The smallest absolute Gasteiger partial charge is 0.251 e. The zero-order valence-corrected chi connectivity index (χ0v) is 14.0. The van der Waals surface area contributed by atoms with Gasteiger partial charge in [-0.25, -0.2) is 10.4 Å². The molecule has 0 saturated heterocycles. The predicted octanol–water partition coefficient (Wildman–Crippen LogP) is 3.58. The van der Waals surface area contributed by atoms with E-state index in [4.69, 9.17) is 19.2 Å². The van der Waals surface area contributed by atoms with Gasteiger partial charge in [-0.15, -0.1) is 0 Å². The highest BCUT2D eigenvalue weighted by molar-refractivity contribution is 5.81. The zero-order chi connectivity index (χ0) is 18.2. The standard InChI is InChI=1S/C19H16N4O3/c1-24-18-9-15(11-22-23-19-16(10-20)21-13-26-19)7-8-17(18)25-12-14-5-3-2-4-6-14/h2-9,11,13,23H,12H2,1H3. The molecule has 0 saturated carbocycles. The van der Waals surface area contributed by atoms with E-state index in [1.165, 1.54) is 6.39 Å². The van der Waals surface area contributed by atoms with E-state index in [1.54, 1.807) is 19.4 Å². The molecule has 1 heterocycles.